The number of hydrogen-bond acceptors (Lipinski definition) is 2. The number of benzene rings is 3. The van der Waals surface area contributed by atoms with Gasteiger partial charge in [0.15, 0.2) is 0 Å². The first-order valence-electron chi connectivity index (χ1n) is 10.2. The monoisotopic (exact) mass is 444 g/mol. The van der Waals surface area contributed by atoms with Crippen LogP contribution in [0.2, 0.25) is 0 Å². The first kappa shape index (κ1) is 23.5. The van der Waals surface area contributed by atoms with Gasteiger partial charge in [-0.25, -0.2) is 4.39 Å². The van der Waals surface area contributed by atoms with Crippen LogP contribution in [0.3, 0.4) is 0 Å². The first-order valence-corrected chi connectivity index (χ1v) is 10.2. The molecule has 0 aromatic heterocycles. The highest BCUT2D eigenvalue weighted by atomic mass is 19.4. The van der Waals surface area contributed by atoms with Crippen molar-refractivity contribution in [1.82, 2.24) is 10.6 Å². The quantitative estimate of drug-likeness (QED) is 0.445. The second-order valence-electron chi connectivity index (χ2n) is 7.43. The molecule has 0 unspecified atom stereocenters. The van der Waals surface area contributed by atoms with Crippen molar-refractivity contribution in [3.8, 4) is 0 Å². The molecule has 168 valence electrons. The van der Waals surface area contributed by atoms with Gasteiger partial charge in [-0.3, -0.25) is 10.1 Å². The van der Waals surface area contributed by atoms with E-state index >= 15 is 0 Å². The summed E-state index contributed by atoms with van der Waals surface area (Å²) in [6, 6.07) is 19.0. The number of halogens is 4. The number of aryl methyl sites for hydroxylation is 1. The van der Waals surface area contributed by atoms with Gasteiger partial charge < -0.3 is 5.32 Å². The Morgan fingerprint density at radius 3 is 2.12 bits per heavy atom. The van der Waals surface area contributed by atoms with Crippen LogP contribution >= 0.6 is 0 Å². The lowest BCUT2D eigenvalue weighted by atomic mass is 9.95. The molecular weight excluding hydrogens is 420 g/mol. The van der Waals surface area contributed by atoms with Crippen LogP contribution in [0.5, 0.6) is 0 Å². The van der Waals surface area contributed by atoms with Crippen molar-refractivity contribution in [1.29, 1.82) is 0 Å². The first-order chi connectivity index (χ1) is 15.3. The van der Waals surface area contributed by atoms with Crippen molar-refractivity contribution in [3.63, 3.8) is 0 Å². The Morgan fingerprint density at radius 2 is 1.53 bits per heavy atom. The van der Waals surface area contributed by atoms with E-state index in [2.05, 4.69) is 10.6 Å². The summed E-state index contributed by atoms with van der Waals surface area (Å²) in [5.74, 6) is -0.687. The van der Waals surface area contributed by atoms with Crippen molar-refractivity contribution < 1.29 is 22.4 Å². The summed E-state index contributed by atoms with van der Waals surface area (Å²) in [4.78, 5) is 12.6. The fraction of sp³-hybridized carbons (Fsp3) is 0.240. The van der Waals surface area contributed by atoms with E-state index in [1.165, 1.54) is 25.2 Å². The highest BCUT2D eigenvalue weighted by Gasteiger charge is 2.30. The van der Waals surface area contributed by atoms with E-state index in [0.717, 1.165) is 17.7 Å². The fourth-order valence-corrected chi connectivity index (χ4v) is 3.57. The summed E-state index contributed by atoms with van der Waals surface area (Å²) in [5.41, 5.74) is 1.10. The number of rotatable bonds is 8. The maximum absolute atomic E-state index is 14.6. The Morgan fingerprint density at radius 1 is 0.906 bits per heavy atom. The smallest absolute Gasteiger partial charge is 0.358 e. The molecule has 0 spiro atoms. The van der Waals surface area contributed by atoms with Crippen LogP contribution in [-0.2, 0) is 17.4 Å². The lowest BCUT2D eigenvalue weighted by Gasteiger charge is -2.26. The Bertz CT molecular complexity index is 1020. The van der Waals surface area contributed by atoms with Gasteiger partial charge in [-0.2, -0.15) is 13.2 Å². The molecule has 0 aliphatic carbocycles. The van der Waals surface area contributed by atoms with Crippen LogP contribution in [-0.4, -0.2) is 13.0 Å². The fourth-order valence-electron chi connectivity index (χ4n) is 3.57. The molecule has 0 aliphatic rings. The maximum Gasteiger partial charge on any atom is 0.416 e. The average molecular weight is 444 g/mol. The van der Waals surface area contributed by atoms with Crippen LogP contribution in [0, 0.1) is 5.82 Å². The van der Waals surface area contributed by atoms with Crippen LogP contribution in [0.4, 0.5) is 17.6 Å². The third kappa shape index (κ3) is 5.95. The van der Waals surface area contributed by atoms with Crippen molar-refractivity contribution >= 4 is 5.91 Å². The van der Waals surface area contributed by atoms with Crippen LogP contribution < -0.4 is 10.6 Å². The normalized spacial score (nSPS) is 13.4. The number of carbonyl (C=O) groups excluding carboxylic acids is 1. The molecule has 0 bridgehead atoms. The Balaban J connectivity index is 1.85. The van der Waals surface area contributed by atoms with E-state index in [1.54, 1.807) is 30.3 Å². The van der Waals surface area contributed by atoms with Crippen molar-refractivity contribution in [2.24, 2.45) is 0 Å². The van der Waals surface area contributed by atoms with Gasteiger partial charge in [-0.1, -0.05) is 60.7 Å². The number of alkyl halides is 3. The molecule has 32 heavy (non-hydrogen) atoms. The third-order valence-corrected chi connectivity index (χ3v) is 5.29. The van der Waals surface area contributed by atoms with Gasteiger partial charge in [-0.05, 0) is 42.2 Å². The van der Waals surface area contributed by atoms with E-state index < -0.39 is 29.6 Å². The molecule has 0 fully saturated rings. The highest BCUT2D eigenvalue weighted by Crippen LogP contribution is 2.30. The van der Waals surface area contributed by atoms with E-state index in [9.17, 15) is 22.4 Å². The molecule has 0 radical (unpaired) electrons. The summed E-state index contributed by atoms with van der Waals surface area (Å²) in [5, 5.41) is 5.88. The molecule has 7 heteroatoms. The number of nitrogens with one attached hydrogen (secondary N) is 2. The standard InChI is InChI=1S/C25H24F4N2O/c1-30-24(32)23(18-7-3-2-4-8-18)31-22(20-9-5-6-10-21(20)26)16-13-17-11-14-19(15-12-17)25(27,28)29/h2-12,14-15,22-23,31H,13,16H2,1H3,(H,30,32)/t22-,23+/m1/s1. The minimum atomic E-state index is -4.40. The van der Waals surface area contributed by atoms with E-state index in [4.69, 9.17) is 0 Å². The summed E-state index contributed by atoms with van der Waals surface area (Å²) < 4.78 is 53.1. The van der Waals surface area contributed by atoms with Gasteiger partial charge in [-0.15, -0.1) is 0 Å². The maximum atomic E-state index is 14.6. The number of carbonyl (C=O) groups is 1. The molecule has 3 aromatic carbocycles. The lowest BCUT2D eigenvalue weighted by molar-refractivity contribution is -0.137. The molecule has 0 aliphatic heterocycles. The zero-order valence-electron chi connectivity index (χ0n) is 17.5. The second kappa shape index (κ2) is 10.4. The van der Waals surface area contributed by atoms with E-state index in [-0.39, 0.29) is 5.91 Å². The van der Waals surface area contributed by atoms with Gasteiger partial charge in [0.05, 0.1) is 5.56 Å². The molecule has 1 amide bonds. The van der Waals surface area contributed by atoms with Gasteiger partial charge in [0.25, 0.3) is 0 Å². The number of amides is 1. The summed E-state index contributed by atoms with van der Waals surface area (Å²) in [6.45, 7) is 0. The number of likely N-dealkylation sites (N-methyl/N-ethyl adjacent to an activating group) is 1. The van der Waals surface area contributed by atoms with Crippen LogP contribution in [0.25, 0.3) is 0 Å². The Kier molecular flexibility index (Phi) is 7.64. The van der Waals surface area contributed by atoms with Gasteiger partial charge >= 0.3 is 6.18 Å². The average Bonchev–Trinajstić information content (AvgIpc) is 2.79. The highest BCUT2D eigenvalue weighted by molar-refractivity contribution is 5.83. The predicted molar refractivity (Wildman–Crippen MR) is 115 cm³/mol. The molecular formula is C25H24F4N2O. The van der Waals surface area contributed by atoms with E-state index in [1.807, 2.05) is 18.2 Å². The summed E-state index contributed by atoms with van der Waals surface area (Å²) >= 11 is 0. The van der Waals surface area contributed by atoms with Gasteiger partial charge in [0, 0.05) is 18.7 Å². The summed E-state index contributed by atoms with van der Waals surface area (Å²) in [6.07, 6.45) is -3.61. The van der Waals surface area contributed by atoms with Crippen LogP contribution in [0.15, 0.2) is 78.9 Å². The molecule has 3 rings (SSSR count). The molecule has 0 saturated heterocycles. The van der Waals surface area contributed by atoms with Crippen molar-refractivity contribution in [2.75, 3.05) is 7.05 Å². The van der Waals surface area contributed by atoms with Crippen molar-refractivity contribution in [3.05, 3.63) is 107 Å². The van der Waals surface area contributed by atoms with Crippen molar-refractivity contribution in [2.45, 2.75) is 31.1 Å². The molecule has 3 nitrogen and oxygen atoms in total. The predicted octanol–water partition coefficient (Wildman–Crippen LogP) is 5.60. The third-order valence-electron chi connectivity index (χ3n) is 5.29. The molecule has 2 atom stereocenters. The van der Waals surface area contributed by atoms with Crippen LogP contribution in [0.1, 0.15) is 40.8 Å². The van der Waals surface area contributed by atoms with E-state index in [0.29, 0.717) is 24.0 Å². The zero-order valence-corrected chi connectivity index (χ0v) is 17.5. The van der Waals surface area contributed by atoms with Gasteiger partial charge in [0.2, 0.25) is 5.91 Å². The lowest BCUT2D eigenvalue weighted by Crippen LogP contribution is -2.38. The second-order valence-corrected chi connectivity index (χ2v) is 7.43. The molecule has 2 N–H and O–H groups in total. The number of hydrogen-bond donors (Lipinski definition) is 2. The topological polar surface area (TPSA) is 41.1 Å². The largest absolute Gasteiger partial charge is 0.416 e. The SMILES string of the molecule is CNC(=O)[C@@H](N[C@H](CCc1ccc(C(F)(F)F)cc1)c1ccccc1F)c1ccccc1. The minimum Gasteiger partial charge on any atom is -0.358 e. The Labute approximate surface area is 184 Å². The molecule has 0 heterocycles. The molecule has 0 saturated carbocycles. The Hall–Kier alpha value is -3.19. The minimum absolute atomic E-state index is 0.271. The summed E-state index contributed by atoms with van der Waals surface area (Å²) in [7, 11) is 1.53. The molecule has 3 aromatic rings. The zero-order chi connectivity index (χ0) is 23.1. The van der Waals surface area contributed by atoms with Gasteiger partial charge in [0.1, 0.15) is 11.9 Å².